The largest absolute Gasteiger partial charge is 0.549 e. The lowest BCUT2D eigenvalue weighted by molar-refractivity contribution is -0.301. The molecule has 0 unspecified atom stereocenters. The second kappa shape index (κ2) is 5.19. The molecule has 0 fully saturated rings. The van der Waals surface area contributed by atoms with E-state index < -0.39 is 5.97 Å². The van der Waals surface area contributed by atoms with E-state index in [9.17, 15) is 9.90 Å². The van der Waals surface area contributed by atoms with E-state index in [1.165, 1.54) is 0 Å². The maximum Gasteiger partial charge on any atom is 0.114 e. The summed E-state index contributed by atoms with van der Waals surface area (Å²) in [5, 5.41) is 19.9. The number of aryl methyl sites for hydroxylation is 2. The number of hydrogen-bond acceptors (Lipinski definition) is 5. The number of thioether (sulfide) groups is 1. The summed E-state index contributed by atoms with van der Waals surface area (Å²) in [5.41, 5.74) is 2.61. The van der Waals surface area contributed by atoms with Crippen LogP contribution in [0.3, 0.4) is 0 Å². The van der Waals surface area contributed by atoms with Gasteiger partial charge in [0.2, 0.25) is 0 Å². The molecule has 0 saturated carbocycles. The molecule has 0 radical (unpaired) electrons. The number of carboxylic acid groups (broad SMARTS) is 1. The van der Waals surface area contributed by atoms with E-state index in [0.29, 0.717) is 10.6 Å². The molecule has 0 aliphatic heterocycles. The summed E-state index contributed by atoms with van der Waals surface area (Å²) in [7, 11) is 0. The smallest absolute Gasteiger partial charge is 0.114 e. The fourth-order valence-corrected chi connectivity index (χ4v) is 2.62. The molecule has 1 aliphatic carbocycles. The molecule has 0 atom stereocenters. The van der Waals surface area contributed by atoms with Crippen LogP contribution in [0.4, 0.5) is 0 Å². The Morgan fingerprint density at radius 2 is 2.29 bits per heavy atom. The molecule has 5 heteroatoms. The van der Waals surface area contributed by atoms with Crippen LogP contribution in [0.25, 0.3) is 0 Å². The summed E-state index contributed by atoms with van der Waals surface area (Å²) in [5.74, 6) is -1.31. The van der Waals surface area contributed by atoms with Crippen LogP contribution in [-0.4, -0.2) is 16.7 Å². The first kappa shape index (κ1) is 11.9. The average Bonchev–Trinajstić information content (AvgIpc) is 2.35. The monoisotopic (exact) mass is 247 g/mol. The van der Waals surface area contributed by atoms with Gasteiger partial charge in [-0.3, -0.25) is 0 Å². The lowest BCUT2D eigenvalue weighted by Gasteiger charge is -2.16. The lowest BCUT2D eigenvalue weighted by atomic mass is 9.95. The molecule has 4 nitrogen and oxygen atoms in total. The van der Waals surface area contributed by atoms with Crippen molar-refractivity contribution in [2.45, 2.75) is 30.7 Å². The maximum atomic E-state index is 10.4. The molecule has 0 spiro atoms. The topological polar surface area (TPSA) is 76.8 Å². The number of aromatic nitrogens is 1. The van der Waals surface area contributed by atoms with Crippen LogP contribution in [0, 0.1) is 11.3 Å². The van der Waals surface area contributed by atoms with Gasteiger partial charge in [0.05, 0.1) is 11.5 Å². The van der Waals surface area contributed by atoms with Gasteiger partial charge < -0.3 is 9.90 Å². The molecule has 0 bridgehead atoms. The van der Waals surface area contributed by atoms with Crippen molar-refractivity contribution < 1.29 is 9.90 Å². The molecule has 0 saturated heterocycles. The summed E-state index contributed by atoms with van der Waals surface area (Å²) >= 11 is 1.06. The zero-order valence-electron chi connectivity index (χ0n) is 9.23. The molecule has 1 heterocycles. The van der Waals surface area contributed by atoms with E-state index >= 15 is 0 Å². The zero-order valence-corrected chi connectivity index (χ0v) is 10.0. The van der Waals surface area contributed by atoms with Gasteiger partial charge in [0.15, 0.2) is 0 Å². The number of fused-ring (bicyclic) bond motifs is 1. The summed E-state index contributed by atoms with van der Waals surface area (Å²) in [4.78, 5) is 14.8. The Kier molecular flexibility index (Phi) is 3.64. The van der Waals surface area contributed by atoms with Crippen LogP contribution >= 0.6 is 11.8 Å². The quantitative estimate of drug-likeness (QED) is 0.734. The minimum Gasteiger partial charge on any atom is -0.549 e. The Morgan fingerprint density at radius 1 is 1.53 bits per heavy atom. The highest BCUT2D eigenvalue weighted by molar-refractivity contribution is 7.99. The number of nitrogens with zero attached hydrogens (tertiary/aromatic N) is 2. The van der Waals surface area contributed by atoms with Crippen molar-refractivity contribution in [1.82, 2.24) is 4.98 Å². The van der Waals surface area contributed by atoms with Gasteiger partial charge in [0.25, 0.3) is 0 Å². The van der Waals surface area contributed by atoms with Gasteiger partial charge in [0.1, 0.15) is 11.1 Å². The number of carboxylic acids is 1. The summed E-state index contributed by atoms with van der Waals surface area (Å²) < 4.78 is 0. The van der Waals surface area contributed by atoms with E-state index in [1.807, 2.05) is 6.07 Å². The molecule has 0 N–H and O–H groups in total. The Balaban J connectivity index is 2.30. The fourth-order valence-electron chi connectivity index (χ4n) is 1.93. The van der Waals surface area contributed by atoms with Gasteiger partial charge in [-0.1, -0.05) is 11.8 Å². The number of hydrogen-bond donors (Lipinski definition) is 0. The van der Waals surface area contributed by atoms with E-state index in [-0.39, 0.29) is 5.75 Å². The predicted octanol–water partition coefficient (Wildman–Crippen LogP) is 0.674. The molecule has 1 aromatic heterocycles. The first-order chi connectivity index (χ1) is 8.20. The maximum absolute atomic E-state index is 10.4. The van der Waals surface area contributed by atoms with E-state index in [0.717, 1.165) is 48.7 Å². The van der Waals surface area contributed by atoms with Crippen molar-refractivity contribution in [2.24, 2.45) is 0 Å². The van der Waals surface area contributed by atoms with Gasteiger partial charge >= 0.3 is 0 Å². The third kappa shape index (κ3) is 2.77. The second-order valence-electron chi connectivity index (χ2n) is 3.93. The molecule has 1 aliphatic rings. The molecule has 0 aromatic carbocycles. The van der Waals surface area contributed by atoms with Crippen LogP contribution in [0.15, 0.2) is 11.1 Å². The number of carbonyl (C=O) groups is 1. The molecule has 2 rings (SSSR count). The van der Waals surface area contributed by atoms with Crippen molar-refractivity contribution >= 4 is 17.7 Å². The Morgan fingerprint density at radius 3 is 3.00 bits per heavy atom. The van der Waals surface area contributed by atoms with E-state index in [1.54, 1.807) is 0 Å². The third-order valence-corrected chi connectivity index (χ3v) is 3.68. The second-order valence-corrected chi connectivity index (χ2v) is 4.89. The normalized spacial score (nSPS) is 13.8. The lowest BCUT2D eigenvalue weighted by Crippen LogP contribution is -2.24. The Hall–Kier alpha value is -1.54. The molecular formula is C12H11N2O2S-. The Bertz CT molecular complexity index is 494. The standard InChI is InChI=1S/C12H12N2O2S/c13-6-9-5-8-3-1-2-4-10(8)14-12(9)17-7-11(15)16/h5H,1-4,7H2,(H,15,16)/p-1. The molecule has 1 aromatic rings. The number of rotatable bonds is 3. The minimum atomic E-state index is -1.14. The molecule has 0 amide bonds. The fraction of sp³-hybridized carbons (Fsp3) is 0.417. The Labute approximate surface area is 104 Å². The van der Waals surface area contributed by atoms with Gasteiger partial charge in [-0.15, -0.1) is 0 Å². The van der Waals surface area contributed by atoms with E-state index in [4.69, 9.17) is 5.26 Å². The number of nitriles is 1. The number of aliphatic carboxylic acids is 1. The summed E-state index contributed by atoms with van der Waals surface area (Å²) in [6.45, 7) is 0. The van der Waals surface area contributed by atoms with Crippen LogP contribution in [0.2, 0.25) is 0 Å². The highest BCUT2D eigenvalue weighted by Gasteiger charge is 2.15. The van der Waals surface area contributed by atoms with Crippen molar-refractivity contribution in [3.8, 4) is 6.07 Å². The van der Waals surface area contributed by atoms with Crippen LogP contribution < -0.4 is 5.11 Å². The third-order valence-electron chi connectivity index (χ3n) is 2.71. The SMILES string of the molecule is N#Cc1cc2c(nc1SCC(=O)[O-])CCCC2. The van der Waals surface area contributed by atoms with Gasteiger partial charge in [0, 0.05) is 11.4 Å². The highest BCUT2D eigenvalue weighted by atomic mass is 32.2. The van der Waals surface area contributed by atoms with Crippen LogP contribution in [0.5, 0.6) is 0 Å². The van der Waals surface area contributed by atoms with Crippen molar-refractivity contribution in [3.63, 3.8) is 0 Å². The summed E-state index contributed by atoms with van der Waals surface area (Å²) in [6.07, 6.45) is 4.12. The number of carbonyl (C=O) groups excluding carboxylic acids is 1. The highest BCUT2D eigenvalue weighted by Crippen LogP contribution is 2.26. The van der Waals surface area contributed by atoms with Gasteiger partial charge in [-0.2, -0.15) is 5.26 Å². The minimum absolute atomic E-state index is 0.166. The van der Waals surface area contributed by atoms with E-state index in [2.05, 4.69) is 11.1 Å². The average molecular weight is 247 g/mol. The summed E-state index contributed by atoms with van der Waals surface area (Å²) in [6, 6.07) is 3.92. The van der Waals surface area contributed by atoms with Crippen molar-refractivity contribution in [1.29, 1.82) is 5.26 Å². The van der Waals surface area contributed by atoms with Crippen molar-refractivity contribution in [2.75, 3.05) is 5.75 Å². The van der Waals surface area contributed by atoms with Crippen LogP contribution in [-0.2, 0) is 17.6 Å². The molecule has 88 valence electrons. The first-order valence-electron chi connectivity index (χ1n) is 5.46. The van der Waals surface area contributed by atoms with Gasteiger partial charge in [-0.05, 0) is 37.3 Å². The van der Waals surface area contributed by atoms with Crippen LogP contribution in [0.1, 0.15) is 29.7 Å². The molecular weight excluding hydrogens is 236 g/mol. The number of pyridine rings is 1. The predicted molar refractivity (Wildman–Crippen MR) is 61.3 cm³/mol. The van der Waals surface area contributed by atoms with Gasteiger partial charge in [-0.25, -0.2) is 4.98 Å². The first-order valence-corrected chi connectivity index (χ1v) is 6.45. The molecule has 17 heavy (non-hydrogen) atoms. The van der Waals surface area contributed by atoms with Crippen molar-refractivity contribution in [3.05, 3.63) is 22.9 Å². The zero-order chi connectivity index (χ0) is 12.3.